The Morgan fingerprint density at radius 2 is 1.93 bits per heavy atom. The lowest BCUT2D eigenvalue weighted by Gasteiger charge is -2.12. The average Bonchev–Trinajstić information content (AvgIpc) is 2.60. The van der Waals surface area contributed by atoms with Gasteiger partial charge in [-0.3, -0.25) is 14.9 Å². The van der Waals surface area contributed by atoms with Crippen molar-refractivity contribution in [3.63, 3.8) is 0 Å². The largest absolute Gasteiger partial charge is 0.456 e. The van der Waals surface area contributed by atoms with Crippen molar-refractivity contribution in [2.75, 3.05) is 6.54 Å². The van der Waals surface area contributed by atoms with Gasteiger partial charge < -0.3 is 10.1 Å². The van der Waals surface area contributed by atoms with E-state index in [0.717, 1.165) is 18.2 Å². The van der Waals surface area contributed by atoms with Crippen molar-refractivity contribution in [1.82, 2.24) is 5.32 Å². The van der Waals surface area contributed by atoms with Gasteiger partial charge >= 0.3 is 6.18 Å². The monoisotopic (exact) mass is 430 g/mol. The Balaban J connectivity index is 2.26. The highest BCUT2D eigenvalue weighted by Gasteiger charge is 2.31. The van der Waals surface area contributed by atoms with Crippen LogP contribution in [0.25, 0.3) is 0 Å². The van der Waals surface area contributed by atoms with E-state index >= 15 is 0 Å². The number of rotatable bonds is 7. The lowest BCUT2D eigenvalue weighted by atomic mass is 10.1. The predicted molar refractivity (Wildman–Crippen MR) is 101 cm³/mol. The molecule has 2 aromatic rings. The minimum absolute atomic E-state index is 0.0521. The number of benzene rings is 2. The number of halogens is 4. The van der Waals surface area contributed by atoms with Crippen molar-refractivity contribution in [3.8, 4) is 11.5 Å². The Morgan fingerprint density at radius 1 is 1.24 bits per heavy atom. The van der Waals surface area contributed by atoms with Crippen LogP contribution in [0.3, 0.4) is 0 Å². The molecule has 0 unspecified atom stereocenters. The number of ether oxygens (including phenoxy) is 1. The van der Waals surface area contributed by atoms with E-state index in [4.69, 9.17) is 16.3 Å². The quantitative estimate of drug-likeness (QED) is 0.472. The number of hydrogen-bond acceptors (Lipinski definition) is 4. The first kappa shape index (κ1) is 22.5. The van der Waals surface area contributed by atoms with Crippen molar-refractivity contribution in [2.45, 2.75) is 26.4 Å². The van der Waals surface area contributed by atoms with Crippen LogP contribution in [0.4, 0.5) is 18.9 Å². The molecule has 0 aliphatic carbocycles. The molecule has 0 saturated carbocycles. The van der Waals surface area contributed by atoms with Gasteiger partial charge in [0, 0.05) is 18.2 Å². The molecule has 0 saturated heterocycles. The van der Waals surface area contributed by atoms with Crippen LogP contribution < -0.4 is 10.1 Å². The summed E-state index contributed by atoms with van der Waals surface area (Å²) < 4.78 is 43.7. The molecule has 29 heavy (non-hydrogen) atoms. The van der Waals surface area contributed by atoms with Crippen LogP contribution in [0.5, 0.6) is 11.5 Å². The minimum atomic E-state index is -4.55. The summed E-state index contributed by atoms with van der Waals surface area (Å²) in [6, 6.07) is 6.33. The van der Waals surface area contributed by atoms with Gasteiger partial charge in [0.1, 0.15) is 11.5 Å². The zero-order valence-electron chi connectivity index (χ0n) is 15.5. The lowest BCUT2D eigenvalue weighted by Crippen LogP contribution is -2.28. The van der Waals surface area contributed by atoms with Gasteiger partial charge in [-0.1, -0.05) is 25.4 Å². The summed E-state index contributed by atoms with van der Waals surface area (Å²) in [5.41, 5.74) is -1.09. The summed E-state index contributed by atoms with van der Waals surface area (Å²) in [7, 11) is 0. The molecule has 0 aliphatic rings. The maximum absolute atomic E-state index is 12.7. The van der Waals surface area contributed by atoms with E-state index in [0.29, 0.717) is 6.54 Å². The Kier molecular flexibility index (Phi) is 7.07. The number of nitrogens with zero attached hydrogens (tertiary/aromatic N) is 1. The molecule has 0 spiro atoms. The Bertz CT molecular complexity index is 917. The van der Waals surface area contributed by atoms with Gasteiger partial charge in [0.05, 0.1) is 21.9 Å². The van der Waals surface area contributed by atoms with Gasteiger partial charge in [-0.25, -0.2) is 0 Å². The number of nitro benzene ring substituents is 1. The molecule has 0 radical (unpaired) electrons. The number of nitro groups is 1. The molecule has 156 valence electrons. The maximum atomic E-state index is 12.7. The molecule has 0 heterocycles. The molecule has 2 rings (SSSR count). The third-order valence-electron chi connectivity index (χ3n) is 3.79. The number of carbonyl (C=O) groups is 1. The number of amides is 1. The highest BCUT2D eigenvalue weighted by molar-refractivity contribution is 6.32. The molecule has 0 aliphatic heterocycles. The van der Waals surface area contributed by atoms with E-state index in [-0.39, 0.29) is 40.1 Å². The van der Waals surface area contributed by atoms with Gasteiger partial charge in [-0.05, 0) is 36.2 Å². The maximum Gasteiger partial charge on any atom is 0.416 e. The highest BCUT2D eigenvalue weighted by Crippen LogP contribution is 2.37. The summed E-state index contributed by atoms with van der Waals surface area (Å²) in [5, 5.41) is 13.6. The first-order chi connectivity index (χ1) is 13.5. The van der Waals surface area contributed by atoms with Crippen LogP contribution >= 0.6 is 11.6 Å². The van der Waals surface area contributed by atoms with Crippen LogP contribution in [0.2, 0.25) is 5.02 Å². The molecule has 0 aromatic heterocycles. The van der Waals surface area contributed by atoms with Crippen molar-refractivity contribution in [1.29, 1.82) is 0 Å². The normalized spacial score (nSPS) is 11.4. The van der Waals surface area contributed by atoms with Crippen LogP contribution in [0.15, 0.2) is 36.4 Å². The van der Waals surface area contributed by atoms with Gasteiger partial charge in [0.15, 0.2) is 0 Å². The molecule has 0 atom stereocenters. The third-order valence-corrected chi connectivity index (χ3v) is 4.09. The summed E-state index contributed by atoms with van der Waals surface area (Å²) >= 11 is 5.86. The zero-order chi connectivity index (χ0) is 21.8. The Morgan fingerprint density at radius 3 is 2.48 bits per heavy atom. The molecule has 6 nitrogen and oxygen atoms in total. The van der Waals surface area contributed by atoms with Crippen molar-refractivity contribution in [3.05, 3.63) is 62.7 Å². The summed E-state index contributed by atoms with van der Waals surface area (Å²) in [4.78, 5) is 22.6. The number of nitrogens with one attached hydrogen (secondary N) is 1. The second-order valence-electron chi connectivity index (χ2n) is 6.67. The predicted octanol–water partition coefficient (Wildman–Crippen LogP) is 5.37. The standard InChI is InChI=1S/C19H18ClF3N2O4/c1-11(2)10-24-18(26)8-12-7-14(4-5-16(12)25(27)28)29-17-6-3-13(9-15(17)20)19(21,22)23/h3-7,9,11H,8,10H2,1-2H3,(H,24,26). The lowest BCUT2D eigenvalue weighted by molar-refractivity contribution is -0.385. The topological polar surface area (TPSA) is 81.5 Å². The molecule has 0 bridgehead atoms. The van der Waals surface area contributed by atoms with E-state index in [2.05, 4.69) is 5.32 Å². The number of hydrogen-bond donors (Lipinski definition) is 1. The molecule has 10 heteroatoms. The summed E-state index contributed by atoms with van der Waals surface area (Å²) in [5.74, 6) is -0.135. The molecule has 0 fully saturated rings. The van der Waals surface area contributed by atoms with Gasteiger partial charge in [-0.2, -0.15) is 13.2 Å². The van der Waals surface area contributed by atoms with Gasteiger partial charge in [0.25, 0.3) is 5.69 Å². The minimum Gasteiger partial charge on any atom is -0.456 e. The zero-order valence-corrected chi connectivity index (χ0v) is 16.3. The first-order valence-electron chi connectivity index (χ1n) is 8.56. The molecule has 1 amide bonds. The van der Waals surface area contributed by atoms with Crippen LogP contribution in [0, 0.1) is 16.0 Å². The average molecular weight is 431 g/mol. The molecular weight excluding hydrogens is 413 g/mol. The summed E-state index contributed by atoms with van der Waals surface area (Å²) in [6.45, 7) is 4.24. The van der Waals surface area contributed by atoms with E-state index in [1.165, 1.54) is 18.2 Å². The smallest absolute Gasteiger partial charge is 0.416 e. The van der Waals surface area contributed by atoms with E-state index in [1.54, 1.807) is 0 Å². The first-order valence-corrected chi connectivity index (χ1v) is 8.93. The fraction of sp³-hybridized carbons (Fsp3) is 0.316. The van der Waals surface area contributed by atoms with Crippen LogP contribution in [-0.4, -0.2) is 17.4 Å². The van der Waals surface area contributed by atoms with Gasteiger partial charge in [-0.15, -0.1) is 0 Å². The van der Waals surface area contributed by atoms with Crippen molar-refractivity contribution < 1.29 is 27.6 Å². The highest BCUT2D eigenvalue weighted by atomic mass is 35.5. The van der Waals surface area contributed by atoms with Crippen LogP contribution in [-0.2, 0) is 17.4 Å². The van der Waals surface area contributed by atoms with Crippen molar-refractivity contribution in [2.24, 2.45) is 5.92 Å². The Labute approximate surface area is 169 Å². The fourth-order valence-corrected chi connectivity index (χ4v) is 2.60. The van der Waals surface area contributed by atoms with Crippen LogP contribution in [0.1, 0.15) is 25.0 Å². The van der Waals surface area contributed by atoms with E-state index < -0.39 is 22.6 Å². The SMILES string of the molecule is CC(C)CNC(=O)Cc1cc(Oc2ccc(C(F)(F)F)cc2Cl)ccc1[N+](=O)[O-]. The van der Waals surface area contributed by atoms with Crippen molar-refractivity contribution >= 4 is 23.2 Å². The number of alkyl halides is 3. The molecule has 1 N–H and O–H groups in total. The third kappa shape index (κ3) is 6.35. The second-order valence-corrected chi connectivity index (χ2v) is 7.07. The number of carbonyl (C=O) groups excluding carboxylic acids is 1. The van der Waals surface area contributed by atoms with Gasteiger partial charge in [0.2, 0.25) is 5.91 Å². The second kappa shape index (κ2) is 9.13. The Hall–Kier alpha value is -2.81. The van der Waals surface area contributed by atoms with E-state index in [1.807, 2.05) is 13.8 Å². The summed E-state index contributed by atoms with van der Waals surface area (Å²) in [6.07, 6.45) is -4.80. The fourth-order valence-electron chi connectivity index (χ4n) is 2.39. The molecular formula is C19H18ClF3N2O4. The molecule has 2 aromatic carbocycles. The van der Waals surface area contributed by atoms with E-state index in [9.17, 15) is 28.1 Å².